The summed E-state index contributed by atoms with van der Waals surface area (Å²) in [6.07, 6.45) is 4.21. The van der Waals surface area contributed by atoms with Crippen molar-refractivity contribution in [2.24, 2.45) is 0 Å². The van der Waals surface area contributed by atoms with E-state index in [1.807, 2.05) is 6.92 Å². The Morgan fingerprint density at radius 2 is 1.77 bits per heavy atom. The quantitative estimate of drug-likeness (QED) is 0.517. The normalized spacial score (nSPS) is 10.5. The number of hydrogen-bond acceptors (Lipinski definition) is 4. The molecule has 0 aromatic heterocycles. The molecule has 1 aromatic carbocycles. The van der Waals surface area contributed by atoms with Gasteiger partial charge in [0.15, 0.2) is 11.5 Å². The Morgan fingerprint density at radius 3 is 2.32 bits per heavy atom. The number of aromatic hydroxyl groups is 1. The Hall–Kier alpha value is -1.91. The third-order valence-corrected chi connectivity index (χ3v) is 3.48. The van der Waals surface area contributed by atoms with Gasteiger partial charge >= 0.3 is 6.16 Å². The summed E-state index contributed by atoms with van der Waals surface area (Å²) in [5, 5.41) is 19.1. The standard InChI is InChI=1S/C17H26O5/c1-4-7-9-12-11-14(22-17(19)20)15(18)16(21-6-3)13(12)10-8-5-2/h11,18H,4-10H2,1-3H3,(H,19,20). The molecule has 0 atom stereocenters. The summed E-state index contributed by atoms with van der Waals surface area (Å²) in [7, 11) is 0. The summed E-state index contributed by atoms with van der Waals surface area (Å²) >= 11 is 0. The molecule has 0 amide bonds. The maximum atomic E-state index is 10.8. The second kappa shape index (κ2) is 9.18. The molecule has 124 valence electrons. The summed E-state index contributed by atoms with van der Waals surface area (Å²) in [6, 6.07) is 1.63. The first kappa shape index (κ1) is 18.1. The van der Waals surface area contributed by atoms with Gasteiger partial charge in [-0.3, -0.25) is 0 Å². The number of aryl methyl sites for hydroxylation is 1. The van der Waals surface area contributed by atoms with Crippen LogP contribution in [0.4, 0.5) is 4.79 Å². The topological polar surface area (TPSA) is 76.0 Å². The Kier molecular flexibility index (Phi) is 7.57. The SMILES string of the molecule is CCCCc1cc(OC(=O)O)c(O)c(OCC)c1CCCC. The van der Waals surface area contributed by atoms with Gasteiger partial charge in [-0.05, 0) is 44.2 Å². The fourth-order valence-electron chi connectivity index (χ4n) is 2.40. The molecule has 1 rings (SSSR count). The van der Waals surface area contributed by atoms with Crippen LogP contribution >= 0.6 is 0 Å². The average Bonchev–Trinajstić information content (AvgIpc) is 2.48. The van der Waals surface area contributed by atoms with Crippen LogP contribution < -0.4 is 9.47 Å². The van der Waals surface area contributed by atoms with E-state index in [4.69, 9.17) is 14.6 Å². The van der Waals surface area contributed by atoms with Crippen molar-refractivity contribution in [3.8, 4) is 17.2 Å². The van der Waals surface area contributed by atoms with Crippen molar-refractivity contribution in [3.05, 3.63) is 17.2 Å². The summed E-state index contributed by atoms with van der Waals surface area (Å²) in [4.78, 5) is 10.8. The maximum Gasteiger partial charge on any atom is 0.511 e. The van der Waals surface area contributed by atoms with Gasteiger partial charge in [0.2, 0.25) is 5.75 Å². The summed E-state index contributed by atoms with van der Waals surface area (Å²) in [5.74, 6) is 0.0821. The number of unbranched alkanes of at least 4 members (excludes halogenated alkanes) is 2. The monoisotopic (exact) mass is 310 g/mol. The van der Waals surface area contributed by atoms with Crippen molar-refractivity contribution >= 4 is 6.16 Å². The second-order valence-electron chi connectivity index (χ2n) is 5.20. The van der Waals surface area contributed by atoms with Gasteiger partial charge in [0.1, 0.15) is 0 Å². The van der Waals surface area contributed by atoms with Crippen LogP contribution in [0.1, 0.15) is 57.6 Å². The van der Waals surface area contributed by atoms with E-state index in [-0.39, 0.29) is 11.5 Å². The van der Waals surface area contributed by atoms with E-state index in [0.717, 1.165) is 49.7 Å². The summed E-state index contributed by atoms with van der Waals surface area (Å²) in [6.45, 7) is 6.44. The Labute approximate surface area is 131 Å². The van der Waals surface area contributed by atoms with Crippen molar-refractivity contribution in [2.45, 2.75) is 59.3 Å². The predicted molar refractivity (Wildman–Crippen MR) is 85.2 cm³/mol. The minimum Gasteiger partial charge on any atom is -0.502 e. The molecule has 0 heterocycles. The van der Waals surface area contributed by atoms with Gasteiger partial charge in [-0.15, -0.1) is 0 Å². The van der Waals surface area contributed by atoms with Crippen molar-refractivity contribution in [3.63, 3.8) is 0 Å². The number of carboxylic acid groups (broad SMARTS) is 1. The molecule has 0 aliphatic heterocycles. The molecular weight excluding hydrogens is 284 g/mol. The first-order valence-electron chi connectivity index (χ1n) is 7.96. The van der Waals surface area contributed by atoms with E-state index in [0.29, 0.717) is 12.4 Å². The van der Waals surface area contributed by atoms with E-state index < -0.39 is 6.16 Å². The predicted octanol–water partition coefficient (Wildman–Crippen LogP) is 4.53. The molecule has 0 aliphatic rings. The van der Waals surface area contributed by atoms with Gasteiger partial charge < -0.3 is 19.7 Å². The van der Waals surface area contributed by atoms with Crippen LogP contribution in [0.3, 0.4) is 0 Å². The third-order valence-electron chi connectivity index (χ3n) is 3.48. The van der Waals surface area contributed by atoms with Gasteiger partial charge in [-0.2, -0.15) is 0 Å². The smallest absolute Gasteiger partial charge is 0.502 e. The van der Waals surface area contributed by atoms with Crippen molar-refractivity contribution < 1.29 is 24.5 Å². The second-order valence-corrected chi connectivity index (χ2v) is 5.20. The van der Waals surface area contributed by atoms with E-state index >= 15 is 0 Å². The fourth-order valence-corrected chi connectivity index (χ4v) is 2.40. The number of carbonyl (C=O) groups is 1. The zero-order valence-electron chi connectivity index (χ0n) is 13.6. The minimum absolute atomic E-state index is 0.0534. The summed E-state index contributed by atoms with van der Waals surface area (Å²) in [5.41, 5.74) is 1.96. The lowest BCUT2D eigenvalue weighted by Crippen LogP contribution is -2.07. The van der Waals surface area contributed by atoms with Gasteiger partial charge in [0, 0.05) is 5.56 Å². The molecule has 5 nitrogen and oxygen atoms in total. The van der Waals surface area contributed by atoms with Crippen molar-refractivity contribution in [1.82, 2.24) is 0 Å². The molecule has 0 radical (unpaired) electrons. The number of benzene rings is 1. The minimum atomic E-state index is -1.44. The molecule has 0 saturated carbocycles. The average molecular weight is 310 g/mol. The van der Waals surface area contributed by atoms with E-state index in [2.05, 4.69) is 13.8 Å². The van der Waals surface area contributed by atoms with Crippen LogP contribution in [0, 0.1) is 0 Å². The van der Waals surface area contributed by atoms with Crippen LogP contribution in [0.15, 0.2) is 6.07 Å². The van der Waals surface area contributed by atoms with Crippen LogP contribution in [-0.2, 0) is 12.8 Å². The summed E-state index contributed by atoms with van der Waals surface area (Å²) < 4.78 is 10.3. The number of phenols is 1. The highest BCUT2D eigenvalue weighted by Gasteiger charge is 2.21. The Morgan fingerprint density at radius 1 is 1.14 bits per heavy atom. The van der Waals surface area contributed by atoms with Crippen LogP contribution in [0.5, 0.6) is 17.2 Å². The molecule has 0 saturated heterocycles. The zero-order valence-corrected chi connectivity index (χ0v) is 13.6. The fraction of sp³-hybridized carbons (Fsp3) is 0.588. The van der Waals surface area contributed by atoms with Crippen LogP contribution in [0.2, 0.25) is 0 Å². The number of ether oxygens (including phenoxy) is 2. The van der Waals surface area contributed by atoms with Gasteiger partial charge in [0.05, 0.1) is 6.61 Å². The van der Waals surface area contributed by atoms with E-state index in [1.165, 1.54) is 0 Å². The molecule has 1 aromatic rings. The first-order valence-corrected chi connectivity index (χ1v) is 7.96. The Bertz CT molecular complexity index is 496. The molecule has 5 heteroatoms. The molecule has 22 heavy (non-hydrogen) atoms. The lowest BCUT2D eigenvalue weighted by atomic mass is 9.96. The van der Waals surface area contributed by atoms with Crippen molar-refractivity contribution in [2.75, 3.05) is 6.61 Å². The highest BCUT2D eigenvalue weighted by Crippen LogP contribution is 2.42. The lowest BCUT2D eigenvalue weighted by molar-refractivity contribution is 0.142. The van der Waals surface area contributed by atoms with Gasteiger partial charge in [0.25, 0.3) is 0 Å². The molecule has 0 bridgehead atoms. The zero-order chi connectivity index (χ0) is 16.5. The largest absolute Gasteiger partial charge is 0.511 e. The molecule has 2 N–H and O–H groups in total. The third kappa shape index (κ3) is 4.83. The number of hydrogen-bond donors (Lipinski definition) is 2. The number of rotatable bonds is 9. The van der Waals surface area contributed by atoms with Gasteiger partial charge in [-0.25, -0.2) is 4.79 Å². The molecule has 0 unspecified atom stereocenters. The first-order chi connectivity index (χ1) is 10.5. The highest BCUT2D eigenvalue weighted by molar-refractivity contribution is 5.66. The van der Waals surface area contributed by atoms with E-state index in [9.17, 15) is 9.90 Å². The lowest BCUT2D eigenvalue weighted by Gasteiger charge is -2.18. The van der Waals surface area contributed by atoms with Crippen LogP contribution in [0.25, 0.3) is 0 Å². The van der Waals surface area contributed by atoms with Crippen LogP contribution in [-0.4, -0.2) is 23.0 Å². The Balaban J connectivity index is 3.33. The molecule has 0 aliphatic carbocycles. The maximum absolute atomic E-state index is 10.8. The van der Waals surface area contributed by atoms with Gasteiger partial charge in [-0.1, -0.05) is 26.7 Å². The molecule has 0 fully saturated rings. The molecular formula is C17H26O5. The number of phenolic OH excluding ortho intramolecular Hbond substituents is 1. The molecule has 0 spiro atoms. The van der Waals surface area contributed by atoms with E-state index in [1.54, 1.807) is 6.07 Å². The van der Waals surface area contributed by atoms with Crippen molar-refractivity contribution in [1.29, 1.82) is 0 Å². The highest BCUT2D eigenvalue weighted by atomic mass is 16.7.